The average Bonchev–Trinajstić information content (AvgIpc) is 2.26. The van der Waals surface area contributed by atoms with Gasteiger partial charge in [-0.25, -0.2) is 4.98 Å². The van der Waals surface area contributed by atoms with Gasteiger partial charge >= 0.3 is 0 Å². The second-order valence-electron chi connectivity index (χ2n) is 3.97. The highest BCUT2D eigenvalue weighted by molar-refractivity contribution is 5.63. The molecule has 0 aliphatic carbocycles. The molecule has 1 aromatic heterocycles. The highest BCUT2D eigenvalue weighted by Gasteiger charge is 2.10. The Morgan fingerprint density at radius 3 is 2.81 bits per heavy atom. The molecule has 0 bridgehead atoms. The summed E-state index contributed by atoms with van der Waals surface area (Å²) in [7, 11) is 0. The Kier molecular flexibility index (Phi) is 4.09. The number of nitrogen functional groups attached to an aromatic ring is 1. The molecule has 1 unspecified atom stereocenters. The number of aliphatic hydroxyl groups excluding tert-OH is 1. The first kappa shape index (κ1) is 12.3. The predicted octanol–water partition coefficient (Wildman–Crippen LogP) is 0.964. The third-order valence-corrected chi connectivity index (χ3v) is 2.29. The van der Waals surface area contributed by atoms with Crippen LogP contribution >= 0.6 is 0 Å². The molecule has 1 aromatic rings. The van der Waals surface area contributed by atoms with Crippen LogP contribution in [0.4, 0.5) is 11.5 Å². The molecular formula is C11H16N4O. The summed E-state index contributed by atoms with van der Waals surface area (Å²) in [6, 6.07) is 3.51. The molecular weight excluding hydrogens is 204 g/mol. The topological polar surface area (TPSA) is 95.0 Å². The highest BCUT2D eigenvalue weighted by Crippen LogP contribution is 2.16. The molecule has 4 N–H and O–H groups in total. The molecule has 16 heavy (non-hydrogen) atoms. The van der Waals surface area contributed by atoms with Gasteiger partial charge in [0.15, 0.2) is 0 Å². The Bertz CT molecular complexity index is 397. The molecule has 5 heteroatoms. The van der Waals surface area contributed by atoms with Gasteiger partial charge in [-0.3, -0.25) is 0 Å². The third kappa shape index (κ3) is 3.11. The highest BCUT2D eigenvalue weighted by atomic mass is 16.3. The van der Waals surface area contributed by atoms with Crippen molar-refractivity contribution in [2.75, 3.05) is 17.6 Å². The fourth-order valence-electron chi connectivity index (χ4n) is 1.13. The van der Waals surface area contributed by atoms with Crippen molar-refractivity contribution < 1.29 is 5.11 Å². The maximum Gasteiger partial charge on any atom is 0.149 e. The van der Waals surface area contributed by atoms with Crippen LogP contribution < -0.4 is 11.1 Å². The normalized spacial score (nSPS) is 12.2. The van der Waals surface area contributed by atoms with E-state index < -0.39 is 6.10 Å². The minimum absolute atomic E-state index is 0.173. The van der Waals surface area contributed by atoms with Crippen LogP contribution in [0, 0.1) is 17.2 Å². The number of rotatable bonds is 4. The van der Waals surface area contributed by atoms with Crippen molar-refractivity contribution in [3.8, 4) is 6.07 Å². The van der Waals surface area contributed by atoms with Crippen LogP contribution in [0.5, 0.6) is 0 Å². The van der Waals surface area contributed by atoms with Gasteiger partial charge in [0.05, 0.1) is 17.4 Å². The van der Waals surface area contributed by atoms with E-state index in [4.69, 9.17) is 11.0 Å². The van der Waals surface area contributed by atoms with Gasteiger partial charge in [0.1, 0.15) is 11.9 Å². The number of aromatic nitrogens is 1. The number of nitrogens with zero attached hydrogens (tertiary/aromatic N) is 2. The molecule has 1 atom stereocenters. The van der Waals surface area contributed by atoms with E-state index in [-0.39, 0.29) is 5.92 Å². The van der Waals surface area contributed by atoms with Crippen LogP contribution in [-0.2, 0) is 0 Å². The number of pyridine rings is 1. The minimum Gasteiger partial charge on any atom is -0.396 e. The first-order valence-corrected chi connectivity index (χ1v) is 5.12. The van der Waals surface area contributed by atoms with E-state index in [9.17, 15) is 5.11 Å². The summed E-state index contributed by atoms with van der Waals surface area (Å²) in [5.74, 6) is 0.672. The number of nitrogens with one attached hydrogen (secondary N) is 1. The smallest absolute Gasteiger partial charge is 0.149 e. The first-order valence-electron chi connectivity index (χ1n) is 5.12. The van der Waals surface area contributed by atoms with Crippen molar-refractivity contribution in [2.24, 2.45) is 5.92 Å². The van der Waals surface area contributed by atoms with Gasteiger partial charge in [-0.15, -0.1) is 0 Å². The lowest BCUT2D eigenvalue weighted by Gasteiger charge is -2.16. The summed E-state index contributed by atoms with van der Waals surface area (Å²) >= 11 is 0. The van der Waals surface area contributed by atoms with Crippen molar-refractivity contribution in [2.45, 2.75) is 20.0 Å². The monoisotopic (exact) mass is 220 g/mol. The number of nitriles is 1. The summed E-state index contributed by atoms with van der Waals surface area (Å²) < 4.78 is 0. The van der Waals surface area contributed by atoms with Crippen molar-refractivity contribution in [3.05, 3.63) is 17.8 Å². The fourth-order valence-corrected chi connectivity index (χ4v) is 1.13. The standard InChI is InChI=1S/C11H16N4O/c1-7(2)10(16)6-15-11-9(13)3-8(4-12)5-14-11/h3,5,7,10,16H,6,13H2,1-2H3,(H,14,15). The van der Waals surface area contributed by atoms with E-state index in [1.807, 2.05) is 19.9 Å². The van der Waals surface area contributed by atoms with Gasteiger partial charge in [0, 0.05) is 12.7 Å². The van der Waals surface area contributed by atoms with Crippen molar-refractivity contribution in [3.63, 3.8) is 0 Å². The zero-order valence-corrected chi connectivity index (χ0v) is 9.44. The van der Waals surface area contributed by atoms with Crippen LogP contribution in [0.1, 0.15) is 19.4 Å². The lowest BCUT2D eigenvalue weighted by atomic mass is 10.1. The van der Waals surface area contributed by atoms with Gasteiger partial charge in [-0.05, 0) is 12.0 Å². The number of nitrogens with two attached hydrogens (primary N) is 1. The molecule has 0 saturated carbocycles. The molecule has 0 aliphatic rings. The zero-order valence-electron chi connectivity index (χ0n) is 9.44. The quantitative estimate of drug-likeness (QED) is 0.702. The van der Waals surface area contributed by atoms with Gasteiger partial charge < -0.3 is 16.2 Å². The number of hydrogen-bond acceptors (Lipinski definition) is 5. The van der Waals surface area contributed by atoms with Crippen LogP contribution in [-0.4, -0.2) is 22.7 Å². The van der Waals surface area contributed by atoms with E-state index in [1.54, 1.807) is 6.07 Å². The molecule has 0 aliphatic heterocycles. The fraction of sp³-hybridized carbons (Fsp3) is 0.455. The largest absolute Gasteiger partial charge is 0.396 e. The molecule has 1 heterocycles. The average molecular weight is 220 g/mol. The Balaban J connectivity index is 2.65. The van der Waals surface area contributed by atoms with E-state index >= 15 is 0 Å². The summed E-state index contributed by atoms with van der Waals surface area (Å²) in [6.45, 7) is 4.25. The molecule has 86 valence electrons. The first-order chi connectivity index (χ1) is 7.54. The Labute approximate surface area is 94.9 Å². The molecule has 0 aromatic carbocycles. The van der Waals surface area contributed by atoms with Crippen molar-refractivity contribution >= 4 is 11.5 Å². The molecule has 0 radical (unpaired) electrons. The Morgan fingerprint density at radius 2 is 2.31 bits per heavy atom. The minimum atomic E-state index is -0.447. The van der Waals surface area contributed by atoms with Crippen molar-refractivity contribution in [1.29, 1.82) is 5.26 Å². The van der Waals surface area contributed by atoms with E-state index in [1.165, 1.54) is 6.20 Å². The van der Waals surface area contributed by atoms with Gasteiger partial charge in [0.25, 0.3) is 0 Å². The van der Waals surface area contributed by atoms with Crippen LogP contribution in [0.25, 0.3) is 0 Å². The van der Waals surface area contributed by atoms with Crippen LogP contribution in [0.3, 0.4) is 0 Å². The van der Waals surface area contributed by atoms with E-state index in [2.05, 4.69) is 10.3 Å². The maximum atomic E-state index is 9.60. The third-order valence-electron chi connectivity index (χ3n) is 2.29. The molecule has 0 amide bonds. The van der Waals surface area contributed by atoms with Gasteiger partial charge in [0.2, 0.25) is 0 Å². The number of hydrogen-bond donors (Lipinski definition) is 3. The van der Waals surface area contributed by atoms with Crippen LogP contribution in [0.15, 0.2) is 12.3 Å². The SMILES string of the molecule is CC(C)C(O)CNc1ncc(C#N)cc1N. The summed E-state index contributed by atoms with van der Waals surface area (Å²) in [4.78, 5) is 4.01. The number of aliphatic hydroxyl groups is 1. The lowest BCUT2D eigenvalue weighted by Crippen LogP contribution is -2.25. The van der Waals surface area contributed by atoms with Gasteiger partial charge in [-0.1, -0.05) is 13.8 Å². The molecule has 0 saturated heterocycles. The molecule has 1 rings (SSSR count). The Morgan fingerprint density at radius 1 is 1.62 bits per heavy atom. The predicted molar refractivity (Wildman–Crippen MR) is 62.7 cm³/mol. The summed E-state index contributed by atoms with van der Waals surface area (Å²) in [5, 5.41) is 21.2. The maximum absolute atomic E-state index is 9.60. The van der Waals surface area contributed by atoms with Crippen LogP contribution in [0.2, 0.25) is 0 Å². The molecule has 0 spiro atoms. The second-order valence-corrected chi connectivity index (χ2v) is 3.97. The zero-order chi connectivity index (χ0) is 12.1. The molecule has 5 nitrogen and oxygen atoms in total. The lowest BCUT2D eigenvalue weighted by molar-refractivity contribution is 0.138. The van der Waals surface area contributed by atoms with E-state index in [0.29, 0.717) is 23.6 Å². The Hall–Kier alpha value is -1.80. The van der Waals surface area contributed by atoms with Crippen molar-refractivity contribution in [1.82, 2.24) is 4.98 Å². The summed E-state index contributed by atoms with van der Waals surface area (Å²) in [5.41, 5.74) is 6.54. The number of anilines is 2. The van der Waals surface area contributed by atoms with Gasteiger partial charge in [-0.2, -0.15) is 5.26 Å². The summed E-state index contributed by atoms with van der Waals surface area (Å²) in [6.07, 6.45) is 0.998. The van der Waals surface area contributed by atoms with E-state index in [0.717, 1.165) is 0 Å². The second kappa shape index (κ2) is 5.33. The molecule has 0 fully saturated rings.